The van der Waals surface area contributed by atoms with E-state index < -0.39 is 0 Å². The van der Waals surface area contributed by atoms with Crippen LogP contribution in [0.1, 0.15) is 39.7 Å². The normalized spacial score (nSPS) is 16.9. The molecule has 0 radical (unpaired) electrons. The second-order valence-corrected chi connectivity index (χ2v) is 5.97. The molecule has 7 heteroatoms. The number of hydrogen-bond acceptors (Lipinski definition) is 5. The second kappa shape index (κ2) is 5.69. The Bertz CT molecular complexity index is 415. The summed E-state index contributed by atoms with van der Waals surface area (Å²) >= 11 is 1.40. The van der Waals surface area contributed by atoms with E-state index in [4.69, 9.17) is 0 Å². The van der Waals surface area contributed by atoms with Crippen LogP contribution in [0.5, 0.6) is 0 Å². The molecule has 1 amide bonds. The van der Waals surface area contributed by atoms with Crippen molar-refractivity contribution in [2.24, 2.45) is 5.92 Å². The molecule has 2 rings (SSSR count). The summed E-state index contributed by atoms with van der Waals surface area (Å²) in [5, 5.41) is 15.3. The van der Waals surface area contributed by atoms with Gasteiger partial charge in [-0.1, -0.05) is 25.6 Å². The maximum atomic E-state index is 11.7. The lowest BCUT2D eigenvalue weighted by Gasteiger charge is -2.16. The highest BCUT2D eigenvalue weighted by Crippen LogP contribution is 2.36. The van der Waals surface area contributed by atoms with Crippen LogP contribution < -0.4 is 5.32 Å². The molecular formula is C11H19N5OS. The van der Waals surface area contributed by atoms with Crippen LogP contribution in [0, 0.1) is 5.92 Å². The zero-order chi connectivity index (χ0) is 13.1. The third kappa shape index (κ3) is 3.44. The summed E-state index contributed by atoms with van der Waals surface area (Å²) in [6.45, 7) is 6.19. The number of aromatic nitrogens is 4. The fourth-order valence-corrected chi connectivity index (χ4v) is 2.18. The summed E-state index contributed by atoms with van der Waals surface area (Å²) in [4.78, 5) is 11.7. The first-order valence-corrected chi connectivity index (χ1v) is 7.26. The molecule has 1 atom stereocenters. The fourth-order valence-electron chi connectivity index (χ4n) is 1.42. The van der Waals surface area contributed by atoms with Crippen LogP contribution in [0.4, 0.5) is 0 Å². The van der Waals surface area contributed by atoms with Gasteiger partial charge in [0.25, 0.3) is 0 Å². The highest BCUT2D eigenvalue weighted by atomic mass is 32.2. The zero-order valence-electron chi connectivity index (χ0n) is 11.0. The highest BCUT2D eigenvalue weighted by molar-refractivity contribution is 7.99. The monoisotopic (exact) mass is 269 g/mol. The summed E-state index contributed by atoms with van der Waals surface area (Å²) < 4.78 is 1.82. The van der Waals surface area contributed by atoms with Gasteiger partial charge in [-0.05, 0) is 36.1 Å². The number of carbonyl (C=O) groups is 1. The minimum absolute atomic E-state index is 0.0338. The number of nitrogens with one attached hydrogen (secondary N) is 1. The number of thioether (sulfide) groups is 1. The van der Waals surface area contributed by atoms with Crippen molar-refractivity contribution in [1.82, 2.24) is 25.5 Å². The lowest BCUT2D eigenvalue weighted by atomic mass is 10.1. The zero-order valence-corrected chi connectivity index (χ0v) is 11.8. The van der Waals surface area contributed by atoms with Crippen molar-refractivity contribution in [3.63, 3.8) is 0 Å². The van der Waals surface area contributed by atoms with Crippen molar-refractivity contribution in [3.8, 4) is 0 Å². The van der Waals surface area contributed by atoms with E-state index in [-0.39, 0.29) is 11.9 Å². The largest absolute Gasteiger partial charge is 0.353 e. The third-order valence-corrected chi connectivity index (χ3v) is 4.01. The maximum Gasteiger partial charge on any atom is 0.230 e. The van der Waals surface area contributed by atoms with Gasteiger partial charge >= 0.3 is 0 Å². The number of tetrazole rings is 1. The number of amides is 1. The van der Waals surface area contributed by atoms with E-state index in [0.717, 1.165) is 18.0 Å². The van der Waals surface area contributed by atoms with E-state index in [1.807, 2.05) is 11.6 Å². The Morgan fingerprint density at radius 3 is 2.83 bits per heavy atom. The molecule has 0 aliphatic heterocycles. The van der Waals surface area contributed by atoms with Crippen LogP contribution in [-0.4, -0.2) is 37.9 Å². The van der Waals surface area contributed by atoms with E-state index in [0.29, 0.717) is 17.7 Å². The highest BCUT2D eigenvalue weighted by Gasteiger charge is 2.28. The molecular weight excluding hydrogens is 250 g/mol. The first kappa shape index (κ1) is 13.3. The molecule has 1 aliphatic carbocycles. The predicted molar refractivity (Wildman–Crippen MR) is 69.3 cm³/mol. The van der Waals surface area contributed by atoms with Gasteiger partial charge in [-0.25, -0.2) is 4.68 Å². The van der Waals surface area contributed by atoms with Crippen LogP contribution in [0.3, 0.4) is 0 Å². The minimum atomic E-state index is 0.0338. The SMILES string of the molecule is CC(C)[C@@H](C)NC(=O)CSc1nnnn1C1CC1. The van der Waals surface area contributed by atoms with Crippen molar-refractivity contribution < 1.29 is 4.79 Å². The van der Waals surface area contributed by atoms with Crippen LogP contribution in [0.15, 0.2) is 5.16 Å². The molecule has 0 unspecified atom stereocenters. The smallest absolute Gasteiger partial charge is 0.230 e. The summed E-state index contributed by atoms with van der Waals surface area (Å²) in [6.07, 6.45) is 2.27. The Labute approximate surface area is 111 Å². The van der Waals surface area contributed by atoms with Gasteiger partial charge in [-0.3, -0.25) is 4.79 Å². The molecule has 1 aromatic heterocycles. The van der Waals surface area contributed by atoms with Gasteiger partial charge in [0.05, 0.1) is 11.8 Å². The second-order valence-electron chi connectivity index (χ2n) is 5.03. The molecule has 1 N–H and O–H groups in total. The predicted octanol–water partition coefficient (Wildman–Crippen LogP) is 1.26. The van der Waals surface area contributed by atoms with Gasteiger partial charge in [-0.15, -0.1) is 5.10 Å². The standard InChI is InChI=1S/C11H19N5OS/c1-7(2)8(3)12-10(17)6-18-11-13-14-15-16(11)9-4-5-9/h7-9H,4-6H2,1-3H3,(H,12,17)/t8-/m1/s1. The lowest BCUT2D eigenvalue weighted by molar-refractivity contribution is -0.119. The molecule has 1 aromatic rings. The van der Waals surface area contributed by atoms with Gasteiger partial charge in [0, 0.05) is 6.04 Å². The van der Waals surface area contributed by atoms with Gasteiger partial charge in [-0.2, -0.15) is 0 Å². The molecule has 1 heterocycles. The molecule has 1 saturated carbocycles. The average Bonchev–Trinajstić information content (AvgIpc) is 3.05. The number of rotatable bonds is 6. The van der Waals surface area contributed by atoms with E-state index in [2.05, 4.69) is 34.7 Å². The molecule has 100 valence electrons. The minimum Gasteiger partial charge on any atom is -0.353 e. The number of hydrogen-bond donors (Lipinski definition) is 1. The van der Waals surface area contributed by atoms with Crippen molar-refractivity contribution in [1.29, 1.82) is 0 Å². The van der Waals surface area contributed by atoms with Crippen LogP contribution in [0.2, 0.25) is 0 Å². The van der Waals surface area contributed by atoms with E-state index >= 15 is 0 Å². The Balaban J connectivity index is 1.80. The number of carbonyl (C=O) groups excluding carboxylic acids is 1. The molecule has 18 heavy (non-hydrogen) atoms. The van der Waals surface area contributed by atoms with E-state index in [9.17, 15) is 4.79 Å². The van der Waals surface area contributed by atoms with Gasteiger partial charge in [0.1, 0.15) is 0 Å². The Hall–Kier alpha value is -1.11. The summed E-state index contributed by atoms with van der Waals surface area (Å²) in [5.41, 5.74) is 0. The molecule has 0 bridgehead atoms. The van der Waals surface area contributed by atoms with E-state index in [1.165, 1.54) is 11.8 Å². The molecule has 0 spiro atoms. The topological polar surface area (TPSA) is 72.7 Å². The summed E-state index contributed by atoms with van der Waals surface area (Å²) in [5.74, 6) is 0.840. The van der Waals surface area contributed by atoms with Crippen molar-refractivity contribution in [3.05, 3.63) is 0 Å². The van der Waals surface area contributed by atoms with Crippen LogP contribution in [0.25, 0.3) is 0 Å². The summed E-state index contributed by atoms with van der Waals surface area (Å²) in [6, 6.07) is 0.637. The quantitative estimate of drug-likeness (QED) is 0.787. The molecule has 1 fully saturated rings. The maximum absolute atomic E-state index is 11.7. The van der Waals surface area contributed by atoms with Gasteiger partial charge in [0.15, 0.2) is 0 Å². The third-order valence-electron chi connectivity index (χ3n) is 3.08. The van der Waals surface area contributed by atoms with Crippen LogP contribution in [-0.2, 0) is 4.79 Å². The van der Waals surface area contributed by atoms with E-state index in [1.54, 1.807) is 0 Å². The number of nitrogens with zero attached hydrogens (tertiary/aromatic N) is 4. The van der Waals surface area contributed by atoms with Crippen molar-refractivity contribution >= 4 is 17.7 Å². The Kier molecular flexibility index (Phi) is 4.21. The Morgan fingerprint density at radius 2 is 2.22 bits per heavy atom. The molecule has 6 nitrogen and oxygen atoms in total. The van der Waals surface area contributed by atoms with Crippen molar-refractivity contribution in [2.75, 3.05) is 5.75 Å². The first-order valence-electron chi connectivity index (χ1n) is 6.28. The Morgan fingerprint density at radius 1 is 1.50 bits per heavy atom. The van der Waals surface area contributed by atoms with Crippen LogP contribution >= 0.6 is 11.8 Å². The summed E-state index contributed by atoms with van der Waals surface area (Å²) in [7, 11) is 0. The molecule has 0 saturated heterocycles. The first-order chi connectivity index (χ1) is 8.58. The van der Waals surface area contributed by atoms with Gasteiger partial charge in [0.2, 0.25) is 11.1 Å². The van der Waals surface area contributed by atoms with Crippen molar-refractivity contribution in [2.45, 2.75) is 50.9 Å². The van der Waals surface area contributed by atoms with Gasteiger partial charge < -0.3 is 5.32 Å². The molecule has 0 aromatic carbocycles. The fraction of sp³-hybridized carbons (Fsp3) is 0.818. The molecule has 1 aliphatic rings. The average molecular weight is 269 g/mol. The lowest BCUT2D eigenvalue weighted by Crippen LogP contribution is -2.37.